The Kier molecular flexibility index (Phi) is 2.82. The summed E-state index contributed by atoms with van der Waals surface area (Å²) in [5, 5.41) is 11.2. The summed E-state index contributed by atoms with van der Waals surface area (Å²) in [7, 11) is 0. The Morgan fingerprint density at radius 2 is 2.40 bits per heavy atom. The number of nitrogens with two attached hydrogens (primary N) is 1. The Labute approximate surface area is 90.5 Å². The van der Waals surface area contributed by atoms with Crippen LogP contribution in [0.1, 0.15) is 16.8 Å². The predicted octanol–water partition coefficient (Wildman–Crippen LogP) is 1.28. The summed E-state index contributed by atoms with van der Waals surface area (Å²) in [5.74, 6) is 0. The quantitative estimate of drug-likeness (QED) is 0.814. The fourth-order valence-electron chi connectivity index (χ4n) is 1.05. The normalized spacial score (nSPS) is 10.5. The number of hydrogen-bond acceptors (Lipinski definition) is 7. The van der Waals surface area contributed by atoms with E-state index in [1.807, 2.05) is 6.20 Å². The van der Waals surface area contributed by atoms with Crippen LogP contribution in [-0.2, 0) is 13.0 Å². The van der Waals surface area contributed by atoms with E-state index in [9.17, 15) is 0 Å². The van der Waals surface area contributed by atoms with Crippen molar-refractivity contribution in [1.29, 1.82) is 0 Å². The van der Waals surface area contributed by atoms with Crippen molar-refractivity contribution in [3.05, 3.63) is 16.1 Å². The SMILES string of the molecule is CCc1cnc(CNc2nnc(N)o2)s1. The van der Waals surface area contributed by atoms with Crippen molar-refractivity contribution in [2.45, 2.75) is 19.9 Å². The van der Waals surface area contributed by atoms with Crippen LogP contribution in [0.15, 0.2) is 10.6 Å². The molecule has 0 radical (unpaired) electrons. The van der Waals surface area contributed by atoms with Gasteiger partial charge in [0.05, 0.1) is 6.54 Å². The molecule has 0 aromatic carbocycles. The first-order chi connectivity index (χ1) is 7.28. The first kappa shape index (κ1) is 9.91. The average molecular weight is 225 g/mol. The van der Waals surface area contributed by atoms with Gasteiger partial charge >= 0.3 is 12.0 Å². The fourth-order valence-corrected chi connectivity index (χ4v) is 1.85. The van der Waals surface area contributed by atoms with Crippen molar-refractivity contribution < 1.29 is 4.42 Å². The second-order valence-corrected chi connectivity index (χ2v) is 4.07. The predicted molar refractivity (Wildman–Crippen MR) is 57.5 cm³/mol. The van der Waals surface area contributed by atoms with Gasteiger partial charge < -0.3 is 15.5 Å². The van der Waals surface area contributed by atoms with E-state index in [1.165, 1.54) is 4.88 Å². The smallest absolute Gasteiger partial charge is 0.317 e. The van der Waals surface area contributed by atoms with Gasteiger partial charge in [-0.1, -0.05) is 17.1 Å². The molecule has 0 atom stereocenters. The third-order valence-electron chi connectivity index (χ3n) is 1.78. The first-order valence-electron chi connectivity index (χ1n) is 4.54. The third-order valence-corrected chi connectivity index (χ3v) is 2.92. The van der Waals surface area contributed by atoms with Gasteiger partial charge in [-0.25, -0.2) is 4.98 Å². The molecule has 7 heteroatoms. The van der Waals surface area contributed by atoms with Crippen LogP contribution in [0.4, 0.5) is 12.0 Å². The fraction of sp³-hybridized carbons (Fsp3) is 0.375. The molecule has 0 aliphatic rings. The van der Waals surface area contributed by atoms with E-state index in [1.54, 1.807) is 11.3 Å². The van der Waals surface area contributed by atoms with Crippen molar-refractivity contribution in [2.75, 3.05) is 11.1 Å². The molecular formula is C8H11N5OS. The van der Waals surface area contributed by atoms with E-state index in [4.69, 9.17) is 10.2 Å². The molecule has 0 aliphatic heterocycles. The summed E-state index contributed by atoms with van der Waals surface area (Å²) < 4.78 is 4.96. The molecule has 0 amide bonds. The zero-order valence-electron chi connectivity index (χ0n) is 8.23. The maximum Gasteiger partial charge on any atom is 0.317 e. The number of thiazole rings is 1. The Bertz CT molecular complexity index is 438. The topological polar surface area (TPSA) is 89.9 Å². The third kappa shape index (κ3) is 2.44. The minimum absolute atomic E-state index is 0.0610. The average Bonchev–Trinajstić information content (AvgIpc) is 2.83. The van der Waals surface area contributed by atoms with Crippen molar-refractivity contribution >= 4 is 23.4 Å². The van der Waals surface area contributed by atoms with Crippen LogP contribution in [-0.4, -0.2) is 15.2 Å². The number of nitrogens with one attached hydrogen (secondary N) is 1. The molecule has 2 aromatic heterocycles. The zero-order valence-corrected chi connectivity index (χ0v) is 9.04. The van der Waals surface area contributed by atoms with Crippen LogP contribution in [0, 0.1) is 0 Å². The summed E-state index contributed by atoms with van der Waals surface area (Å²) in [6.45, 7) is 2.68. The number of nitrogens with zero attached hydrogens (tertiary/aromatic N) is 3. The maximum absolute atomic E-state index is 5.28. The summed E-state index contributed by atoms with van der Waals surface area (Å²) in [4.78, 5) is 5.50. The lowest BCUT2D eigenvalue weighted by molar-refractivity contribution is 0.586. The first-order valence-corrected chi connectivity index (χ1v) is 5.36. The number of rotatable bonds is 4. The molecule has 2 rings (SSSR count). The van der Waals surface area contributed by atoms with E-state index in [0.717, 1.165) is 11.4 Å². The molecule has 0 saturated heterocycles. The number of aryl methyl sites for hydroxylation is 1. The lowest BCUT2D eigenvalue weighted by atomic mass is 10.4. The van der Waals surface area contributed by atoms with Crippen molar-refractivity contribution in [3.8, 4) is 0 Å². The monoisotopic (exact) mass is 225 g/mol. The molecule has 0 aliphatic carbocycles. The van der Waals surface area contributed by atoms with Crippen molar-refractivity contribution in [3.63, 3.8) is 0 Å². The van der Waals surface area contributed by atoms with E-state index < -0.39 is 0 Å². The summed E-state index contributed by atoms with van der Waals surface area (Å²) >= 11 is 1.66. The minimum Gasteiger partial charge on any atom is -0.390 e. The van der Waals surface area contributed by atoms with E-state index in [-0.39, 0.29) is 6.01 Å². The maximum atomic E-state index is 5.28. The molecule has 0 spiro atoms. The summed E-state index contributed by atoms with van der Waals surface area (Å²) in [6, 6.07) is 0.381. The Morgan fingerprint density at radius 3 is 3.00 bits per heavy atom. The van der Waals surface area contributed by atoms with Gasteiger partial charge in [-0.3, -0.25) is 0 Å². The highest BCUT2D eigenvalue weighted by Crippen LogP contribution is 2.15. The van der Waals surface area contributed by atoms with Gasteiger partial charge in [0, 0.05) is 11.1 Å². The lowest BCUT2D eigenvalue weighted by Crippen LogP contribution is -1.98. The van der Waals surface area contributed by atoms with E-state index in [0.29, 0.717) is 12.6 Å². The standard InChI is InChI=1S/C8H11N5OS/c1-2-5-3-10-6(15-5)4-11-8-13-12-7(9)14-8/h3H,2,4H2,1H3,(H2,9,12)(H,11,13). The van der Waals surface area contributed by atoms with Gasteiger partial charge in [0.1, 0.15) is 5.01 Å². The molecule has 15 heavy (non-hydrogen) atoms. The number of nitrogen functional groups attached to an aromatic ring is 1. The zero-order chi connectivity index (χ0) is 10.7. The van der Waals surface area contributed by atoms with Crippen molar-refractivity contribution in [1.82, 2.24) is 15.2 Å². The Morgan fingerprint density at radius 1 is 1.53 bits per heavy atom. The molecule has 0 saturated carbocycles. The molecule has 3 N–H and O–H groups in total. The largest absolute Gasteiger partial charge is 0.390 e. The van der Waals surface area contributed by atoms with Crippen LogP contribution < -0.4 is 11.1 Å². The van der Waals surface area contributed by atoms with Gasteiger partial charge in [0.2, 0.25) is 0 Å². The molecule has 6 nitrogen and oxygen atoms in total. The second kappa shape index (κ2) is 4.26. The van der Waals surface area contributed by atoms with Gasteiger partial charge in [-0.2, -0.15) is 0 Å². The Balaban J connectivity index is 1.93. The molecule has 80 valence electrons. The number of aromatic nitrogens is 3. The molecule has 0 fully saturated rings. The highest BCUT2D eigenvalue weighted by Gasteiger charge is 2.04. The van der Waals surface area contributed by atoms with Gasteiger partial charge in [0.15, 0.2) is 0 Å². The highest BCUT2D eigenvalue weighted by atomic mass is 32.1. The highest BCUT2D eigenvalue weighted by molar-refractivity contribution is 7.11. The number of anilines is 2. The van der Waals surface area contributed by atoms with Crippen LogP contribution >= 0.6 is 11.3 Å². The van der Waals surface area contributed by atoms with Crippen molar-refractivity contribution in [2.24, 2.45) is 0 Å². The van der Waals surface area contributed by atoms with Crippen LogP contribution in [0.3, 0.4) is 0 Å². The minimum atomic E-state index is 0.0610. The van der Waals surface area contributed by atoms with Crippen LogP contribution in [0.2, 0.25) is 0 Å². The summed E-state index contributed by atoms with van der Waals surface area (Å²) in [6.07, 6.45) is 2.88. The van der Waals surface area contributed by atoms with Gasteiger partial charge in [0.25, 0.3) is 0 Å². The number of hydrogen-bond donors (Lipinski definition) is 2. The molecule has 0 unspecified atom stereocenters. The van der Waals surface area contributed by atoms with Gasteiger partial charge in [-0.15, -0.1) is 11.3 Å². The molecule has 2 heterocycles. The summed E-state index contributed by atoms with van der Waals surface area (Å²) in [5.41, 5.74) is 5.28. The Hall–Kier alpha value is -1.63. The van der Waals surface area contributed by atoms with Crippen LogP contribution in [0.25, 0.3) is 0 Å². The lowest BCUT2D eigenvalue weighted by Gasteiger charge is -1.95. The van der Waals surface area contributed by atoms with Crippen LogP contribution in [0.5, 0.6) is 0 Å². The molecule has 2 aromatic rings. The van der Waals surface area contributed by atoms with E-state index >= 15 is 0 Å². The van der Waals surface area contributed by atoms with E-state index in [2.05, 4.69) is 27.4 Å². The molecular weight excluding hydrogens is 214 g/mol. The second-order valence-electron chi connectivity index (χ2n) is 2.87. The van der Waals surface area contributed by atoms with Gasteiger partial charge in [-0.05, 0) is 6.42 Å². The molecule has 0 bridgehead atoms.